The molecule has 4 unspecified atom stereocenters. The Morgan fingerprint density at radius 1 is 0.970 bits per heavy atom. The minimum absolute atomic E-state index is 0.0272. The highest BCUT2D eigenvalue weighted by Crippen LogP contribution is 2.47. The Balaban J connectivity index is 1.15. The lowest BCUT2D eigenvalue weighted by Crippen LogP contribution is -2.66. The summed E-state index contributed by atoms with van der Waals surface area (Å²) >= 11 is 0. The van der Waals surface area contributed by atoms with Gasteiger partial charge in [-0.15, -0.1) is 0 Å². The van der Waals surface area contributed by atoms with Crippen LogP contribution in [0.25, 0.3) is 0 Å². The van der Waals surface area contributed by atoms with Gasteiger partial charge >= 0.3 is 5.97 Å². The Labute approximate surface area is 397 Å². The second-order valence-corrected chi connectivity index (χ2v) is 20.7. The van der Waals surface area contributed by atoms with E-state index in [1.807, 2.05) is 45.9 Å². The molecule has 4 saturated heterocycles. The first-order chi connectivity index (χ1) is 31.7. The van der Waals surface area contributed by atoms with Gasteiger partial charge in [-0.2, -0.15) is 0 Å². The summed E-state index contributed by atoms with van der Waals surface area (Å²) in [6.07, 6.45) is 9.56. The summed E-state index contributed by atoms with van der Waals surface area (Å²) in [7, 11) is 3.32. The first-order valence-electron chi connectivity index (χ1n) is 24.7. The SMILES string of the molecule is CCC(C)[C@H]1O[C@]2(C=C[C@@H]1C)C[C@@H]1C[C@@H](CC=C(C)[C@@H](OC3C[C@H](OC)[C@@H](OC4C[C@H](OC)[C@@](C)(NCC(C)=O)[C@H](C)O4)[C@H](C)O3)C(C)C=CC=C3CO[C@@H]4[C@H](O)C(C)=C[C@@H](C(=O)O1)[C@]34O)O2. The number of fused-ring (bicyclic) bond motifs is 2. The van der Waals surface area contributed by atoms with Crippen LogP contribution in [0.15, 0.2) is 59.3 Å². The number of hydrogen-bond acceptors (Lipinski definition) is 15. The number of ether oxygens (including phenoxy) is 10. The fourth-order valence-corrected chi connectivity index (χ4v) is 11.3. The number of aliphatic hydroxyl groups is 2. The second-order valence-electron chi connectivity index (χ2n) is 20.7. The third-order valence-corrected chi connectivity index (χ3v) is 15.8. The zero-order valence-corrected chi connectivity index (χ0v) is 41.8. The molecule has 6 heterocycles. The summed E-state index contributed by atoms with van der Waals surface area (Å²) in [5.41, 5.74) is -0.487. The summed E-state index contributed by atoms with van der Waals surface area (Å²) in [5.74, 6) is -2.57. The van der Waals surface area contributed by atoms with E-state index in [1.165, 1.54) is 0 Å². The number of methoxy groups -OCH3 is 2. The van der Waals surface area contributed by atoms with E-state index in [-0.39, 0.29) is 61.4 Å². The molecular weight excluding hydrogens is 863 g/mol. The quantitative estimate of drug-likeness (QED) is 0.163. The predicted molar refractivity (Wildman–Crippen MR) is 248 cm³/mol. The molecule has 376 valence electrons. The lowest BCUT2D eigenvalue weighted by molar-refractivity contribution is -0.317. The van der Waals surface area contributed by atoms with Crippen molar-refractivity contribution in [2.45, 2.75) is 204 Å². The fraction of sp³-hybridized carbons (Fsp3) is 0.769. The molecule has 2 bridgehead atoms. The Kier molecular flexibility index (Phi) is 16.7. The molecule has 15 nitrogen and oxygen atoms in total. The van der Waals surface area contributed by atoms with Crippen LogP contribution in [0.5, 0.6) is 0 Å². The Hall–Kier alpha value is -2.64. The molecule has 4 fully saturated rings. The van der Waals surface area contributed by atoms with Gasteiger partial charge in [0.15, 0.2) is 18.4 Å². The molecule has 0 amide bonds. The van der Waals surface area contributed by atoms with Crippen LogP contribution in [-0.2, 0) is 57.0 Å². The van der Waals surface area contributed by atoms with E-state index < -0.39 is 90.2 Å². The molecular formula is C52H79NO14. The van der Waals surface area contributed by atoms with Crippen molar-refractivity contribution in [3.63, 3.8) is 0 Å². The van der Waals surface area contributed by atoms with Crippen LogP contribution >= 0.6 is 0 Å². The van der Waals surface area contributed by atoms with Gasteiger partial charge in [0.2, 0.25) is 0 Å². The molecule has 20 atom stereocenters. The topological polar surface area (TPSA) is 179 Å². The van der Waals surface area contributed by atoms with Crippen molar-refractivity contribution in [3.8, 4) is 0 Å². The lowest BCUT2D eigenvalue weighted by Gasteiger charge is -2.49. The molecule has 7 aliphatic rings. The first kappa shape index (κ1) is 52.2. The maximum atomic E-state index is 14.4. The van der Waals surface area contributed by atoms with E-state index in [0.717, 1.165) is 12.0 Å². The predicted octanol–water partition coefficient (Wildman–Crippen LogP) is 5.95. The maximum Gasteiger partial charge on any atom is 0.316 e. The van der Waals surface area contributed by atoms with Crippen molar-refractivity contribution in [2.75, 3.05) is 27.4 Å². The zero-order chi connectivity index (χ0) is 48.6. The van der Waals surface area contributed by atoms with E-state index >= 15 is 0 Å². The average Bonchev–Trinajstić information content (AvgIpc) is 3.63. The molecule has 1 spiro atoms. The smallest absolute Gasteiger partial charge is 0.316 e. The summed E-state index contributed by atoms with van der Waals surface area (Å²) in [6.45, 7) is 20.0. The van der Waals surface area contributed by atoms with Crippen molar-refractivity contribution in [3.05, 3.63) is 59.3 Å². The monoisotopic (exact) mass is 942 g/mol. The largest absolute Gasteiger partial charge is 0.462 e. The minimum Gasteiger partial charge on any atom is -0.462 e. The summed E-state index contributed by atoms with van der Waals surface area (Å²) < 4.78 is 65.0. The number of allylic oxidation sites excluding steroid dienone is 2. The molecule has 7 rings (SSSR count). The number of esters is 1. The number of aliphatic hydroxyl groups excluding tert-OH is 1. The summed E-state index contributed by atoms with van der Waals surface area (Å²) in [6, 6.07) is 0. The maximum absolute atomic E-state index is 14.4. The van der Waals surface area contributed by atoms with Gasteiger partial charge < -0.3 is 62.9 Å². The van der Waals surface area contributed by atoms with Crippen LogP contribution in [-0.4, -0.2) is 146 Å². The van der Waals surface area contributed by atoms with Crippen molar-refractivity contribution < 1.29 is 67.2 Å². The Morgan fingerprint density at radius 2 is 1.72 bits per heavy atom. The summed E-state index contributed by atoms with van der Waals surface area (Å²) in [4.78, 5) is 26.3. The number of ketones is 1. The Morgan fingerprint density at radius 3 is 2.42 bits per heavy atom. The van der Waals surface area contributed by atoms with Gasteiger partial charge in [0.25, 0.3) is 0 Å². The van der Waals surface area contributed by atoms with Gasteiger partial charge in [0.1, 0.15) is 41.7 Å². The molecule has 67 heavy (non-hydrogen) atoms. The first-order valence-corrected chi connectivity index (χ1v) is 24.7. The fourth-order valence-electron chi connectivity index (χ4n) is 11.3. The number of Topliss-reactive ketones (excluding diaryl/α,β-unsaturated/α-hetero) is 1. The zero-order valence-electron chi connectivity index (χ0n) is 41.8. The van der Waals surface area contributed by atoms with Crippen LogP contribution in [0.3, 0.4) is 0 Å². The number of rotatable bonds is 11. The number of carbonyl (C=O) groups is 2. The third-order valence-electron chi connectivity index (χ3n) is 15.8. The highest BCUT2D eigenvalue weighted by atomic mass is 16.7. The van der Waals surface area contributed by atoms with Crippen molar-refractivity contribution in [1.82, 2.24) is 5.32 Å². The summed E-state index contributed by atoms with van der Waals surface area (Å²) in [5, 5.41) is 27.2. The normalized spacial score (nSPS) is 45.4. The van der Waals surface area contributed by atoms with Gasteiger partial charge in [0.05, 0.1) is 61.4 Å². The number of carbonyl (C=O) groups excluding carboxylic acids is 2. The van der Waals surface area contributed by atoms with Crippen molar-refractivity contribution in [1.29, 1.82) is 0 Å². The van der Waals surface area contributed by atoms with E-state index in [1.54, 1.807) is 40.2 Å². The standard InChI is InChI=1S/C52H79NO14/c1-13-28(2)46-31(5)19-20-51(67-46)25-38-22-37(66-51)18-17-30(4)45(29(3)15-14-16-36-27-60-48-44(55)32(6)21-39(49(56)63-38)52(36,48)57)64-42-23-40(58-11)47(34(8)61-42)65-43-24-41(59-12)50(10,35(9)62-43)53-26-33(7)54/h14-17,19-21,28-29,31,34-35,37-48,53,55,57H,13,18,22-27H2,1-12H3/t28?,29?,31-,34-,35-,37+,38-,39-,40-,41-,42?,43?,44+,45-,46+,47-,48+,50-,51+,52+/m0/s1. The highest BCUT2D eigenvalue weighted by Gasteiger charge is 2.60. The van der Waals surface area contributed by atoms with E-state index in [9.17, 15) is 19.8 Å². The molecule has 0 aromatic rings. The molecule has 0 aromatic carbocycles. The molecule has 3 N–H and O–H groups in total. The van der Waals surface area contributed by atoms with Crippen LogP contribution in [0.4, 0.5) is 0 Å². The van der Waals surface area contributed by atoms with Crippen LogP contribution < -0.4 is 5.32 Å². The Bertz CT molecular complexity index is 1920. The molecule has 1 aliphatic carbocycles. The van der Waals surface area contributed by atoms with E-state index in [2.05, 4.69) is 45.2 Å². The van der Waals surface area contributed by atoms with E-state index in [4.69, 9.17) is 47.4 Å². The molecule has 0 aromatic heterocycles. The number of nitrogens with one attached hydrogen (secondary N) is 1. The lowest BCUT2D eigenvalue weighted by atomic mass is 9.71. The van der Waals surface area contributed by atoms with Gasteiger partial charge in [0, 0.05) is 51.7 Å². The average molecular weight is 942 g/mol. The second kappa shape index (κ2) is 21.4. The molecule has 0 radical (unpaired) electrons. The van der Waals surface area contributed by atoms with Gasteiger partial charge in [-0.3, -0.25) is 9.59 Å². The molecule has 15 heteroatoms. The van der Waals surface area contributed by atoms with Crippen LogP contribution in [0.1, 0.15) is 108 Å². The van der Waals surface area contributed by atoms with Gasteiger partial charge in [-0.1, -0.05) is 70.6 Å². The third kappa shape index (κ3) is 10.8. The van der Waals surface area contributed by atoms with Crippen LogP contribution in [0.2, 0.25) is 0 Å². The molecule has 6 aliphatic heterocycles. The number of hydrogen-bond donors (Lipinski definition) is 3. The van der Waals surface area contributed by atoms with Gasteiger partial charge in [-0.05, 0) is 76.7 Å². The van der Waals surface area contributed by atoms with E-state index in [0.29, 0.717) is 36.8 Å². The minimum atomic E-state index is -1.84. The van der Waals surface area contributed by atoms with Gasteiger partial charge in [-0.25, -0.2) is 0 Å². The van der Waals surface area contributed by atoms with Crippen molar-refractivity contribution in [2.24, 2.45) is 23.7 Å². The molecule has 0 saturated carbocycles. The highest BCUT2D eigenvalue weighted by molar-refractivity contribution is 5.79. The van der Waals surface area contributed by atoms with Crippen LogP contribution in [0, 0.1) is 23.7 Å². The van der Waals surface area contributed by atoms with Crippen molar-refractivity contribution >= 4 is 11.8 Å².